The van der Waals surface area contributed by atoms with Gasteiger partial charge >= 0.3 is 0 Å². The van der Waals surface area contributed by atoms with Crippen LogP contribution in [0.4, 0.5) is 0 Å². The Morgan fingerprint density at radius 1 is 1.73 bits per heavy atom. The summed E-state index contributed by atoms with van der Waals surface area (Å²) >= 11 is 5.51. The van der Waals surface area contributed by atoms with Crippen LogP contribution in [0.2, 0.25) is 0 Å². The third-order valence-corrected chi connectivity index (χ3v) is 2.65. The van der Waals surface area contributed by atoms with E-state index in [0.29, 0.717) is 0 Å². The van der Waals surface area contributed by atoms with Crippen LogP contribution in [0, 0.1) is 11.8 Å². The van der Waals surface area contributed by atoms with Crippen molar-refractivity contribution in [2.75, 3.05) is 13.1 Å². The molecule has 1 saturated carbocycles. The molecule has 11 heavy (non-hydrogen) atoms. The fourth-order valence-corrected chi connectivity index (χ4v) is 1.25. The molecule has 2 atom stereocenters. The van der Waals surface area contributed by atoms with Crippen molar-refractivity contribution in [3.8, 4) is 0 Å². The van der Waals surface area contributed by atoms with Gasteiger partial charge in [-0.2, -0.15) is 0 Å². The van der Waals surface area contributed by atoms with Crippen LogP contribution in [0.15, 0.2) is 11.1 Å². The van der Waals surface area contributed by atoms with E-state index in [-0.39, 0.29) is 0 Å². The van der Waals surface area contributed by atoms with Crippen LogP contribution < -0.4 is 5.32 Å². The van der Waals surface area contributed by atoms with E-state index in [1.165, 1.54) is 12.0 Å². The Hall–Kier alpha value is -0.0100. The van der Waals surface area contributed by atoms with E-state index >= 15 is 0 Å². The van der Waals surface area contributed by atoms with Crippen LogP contribution in [-0.2, 0) is 0 Å². The Balaban J connectivity index is 1.96. The largest absolute Gasteiger partial charge is 0.313 e. The fraction of sp³-hybridized carbons (Fsp3) is 0.778. The minimum absolute atomic E-state index is 0.929. The number of hydrogen-bond acceptors (Lipinski definition) is 1. The van der Waals surface area contributed by atoms with Crippen LogP contribution in [0.3, 0.4) is 0 Å². The highest BCUT2D eigenvalue weighted by Crippen LogP contribution is 2.36. The Kier molecular flexibility index (Phi) is 3.41. The molecule has 0 aromatic rings. The van der Waals surface area contributed by atoms with Gasteiger partial charge in [-0.15, -0.1) is 0 Å². The Bertz CT molecular complexity index is 154. The number of hydrogen-bond donors (Lipinski definition) is 1. The molecule has 0 saturated heterocycles. The van der Waals surface area contributed by atoms with Crippen molar-refractivity contribution in [2.24, 2.45) is 11.8 Å². The highest BCUT2D eigenvalue weighted by Gasteiger charge is 2.31. The molecule has 0 bridgehead atoms. The molecule has 1 rings (SSSR count). The zero-order valence-corrected chi connectivity index (χ0v) is 7.99. The van der Waals surface area contributed by atoms with E-state index in [1.54, 1.807) is 5.54 Å². The SMILES string of the molecule is CC(=CCl)CNCC1CC1C. The smallest absolute Gasteiger partial charge is 0.0173 e. The van der Waals surface area contributed by atoms with Crippen molar-refractivity contribution < 1.29 is 0 Å². The summed E-state index contributed by atoms with van der Waals surface area (Å²) in [6, 6.07) is 0. The van der Waals surface area contributed by atoms with Gasteiger partial charge in [0.15, 0.2) is 0 Å². The summed E-state index contributed by atoms with van der Waals surface area (Å²) < 4.78 is 0. The van der Waals surface area contributed by atoms with Gasteiger partial charge in [0.2, 0.25) is 0 Å². The maximum atomic E-state index is 5.51. The predicted octanol–water partition coefficient (Wildman–Crippen LogP) is 2.37. The normalized spacial score (nSPS) is 30.6. The minimum Gasteiger partial charge on any atom is -0.313 e. The van der Waals surface area contributed by atoms with Crippen LogP contribution in [0.1, 0.15) is 20.3 Å². The molecule has 64 valence electrons. The van der Waals surface area contributed by atoms with Crippen LogP contribution >= 0.6 is 11.6 Å². The molecule has 1 aliphatic carbocycles. The molecule has 1 N–H and O–H groups in total. The molecule has 2 heteroatoms. The standard InChI is InChI=1S/C9H16ClN/c1-7(4-10)5-11-6-9-3-8(9)2/h4,8-9,11H,3,5-6H2,1-2H3. The summed E-state index contributed by atoms with van der Waals surface area (Å²) in [5.74, 6) is 1.88. The Labute approximate surface area is 73.8 Å². The van der Waals surface area contributed by atoms with Gasteiger partial charge in [-0.1, -0.05) is 18.5 Å². The quantitative estimate of drug-likeness (QED) is 0.689. The molecule has 0 radical (unpaired) electrons. The van der Waals surface area contributed by atoms with Gasteiger partial charge < -0.3 is 5.32 Å². The third kappa shape index (κ3) is 3.26. The predicted molar refractivity (Wildman–Crippen MR) is 49.8 cm³/mol. The molecular formula is C9H16ClN. The molecule has 0 spiro atoms. The first-order valence-electron chi connectivity index (χ1n) is 4.20. The van der Waals surface area contributed by atoms with Gasteiger partial charge in [0.1, 0.15) is 0 Å². The van der Waals surface area contributed by atoms with Crippen molar-refractivity contribution in [3.05, 3.63) is 11.1 Å². The van der Waals surface area contributed by atoms with Crippen molar-refractivity contribution in [1.29, 1.82) is 0 Å². The maximum absolute atomic E-state index is 5.51. The monoisotopic (exact) mass is 173 g/mol. The van der Waals surface area contributed by atoms with E-state index in [9.17, 15) is 0 Å². The van der Waals surface area contributed by atoms with Gasteiger partial charge in [-0.05, 0) is 37.3 Å². The molecular weight excluding hydrogens is 158 g/mol. The second-order valence-corrected chi connectivity index (χ2v) is 3.78. The first-order chi connectivity index (χ1) is 5.24. The average Bonchev–Trinajstić information content (AvgIpc) is 2.66. The second kappa shape index (κ2) is 4.13. The summed E-state index contributed by atoms with van der Waals surface area (Å²) in [6.45, 7) is 6.43. The van der Waals surface area contributed by atoms with E-state index < -0.39 is 0 Å². The lowest BCUT2D eigenvalue weighted by Crippen LogP contribution is -2.19. The summed E-state index contributed by atoms with van der Waals surface area (Å²) in [5.41, 5.74) is 2.85. The van der Waals surface area contributed by atoms with E-state index in [1.807, 2.05) is 6.92 Å². The first kappa shape index (κ1) is 9.08. The average molecular weight is 174 g/mol. The van der Waals surface area contributed by atoms with Crippen LogP contribution in [0.25, 0.3) is 0 Å². The second-order valence-electron chi connectivity index (χ2n) is 3.56. The van der Waals surface area contributed by atoms with Crippen molar-refractivity contribution >= 4 is 11.6 Å². The van der Waals surface area contributed by atoms with Crippen LogP contribution in [0.5, 0.6) is 0 Å². The van der Waals surface area contributed by atoms with Gasteiger partial charge in [-0.3, -0.25) is 0 Å². The van der Waals surface area contributed by atoms with Crippen molar-refractivity contribution in [3.63, 3.8) is 0 Å². The zero-order valence-electron chi connectivity index (χ0n) is 7.23. The van der Waals surface area contributed by atoms with Crippen molar-refractivity contribution in [1.82, 2.24) is 5.32 Å². The first-order valence-corrected chi connectivity index (χ1v) is 4.64. The molecule has 1 fully saturated rings. The molecule has 1 aliphatic rings. The molecule has 0 aliphatic heterocycles. The van der Waals surface area contributed by atoms with Gasteiger partial charge in [0, 0.05) is 12.1 Å². The summed E-state index contributed by atoms with van der Waals surface area (Å²) in [6.07, 6.45) is 1.40. The number of halogens is 1. The molecule has 2 unspecified atom stereocenters. The number of rotatable bonds is 4. The molecule has 1 nitrogen and oxygen atoms in total. The molecule has 0 heterocycles. The minimum atomic E-state index is 0.929. The fourth-order valence-electron chi connectivity index (χ4n) is 1.18. The third-order valence-electron chi connectivity index (χ3n) is 2.27. The van der Waals surface area contributed by atoms with Gasteiger partial charge in [-0.25, -0.2) is 0 Å². The van der Waals surface area contributed by atoms with Gasteiger partial charge in [0.25, 0.3) is 0 Å². The Morgan fingerprint density at radius 2 is 2.36 bits per heavy atom. The lowest BCUT2D eigenvalue weighted by atomic mass is 10.3. The van der Waals surface area contributed by atoms with Crippen molar-refractivity contribution in [2.45, 2.75) is 20.3 Å². The van der Waals surface area contributed by atoms with E-state index in [2.05, 4.69) is 12.2 Å². The molecule has 0 aromatic carbocycles. The van der Waals surface area contributed by atoms with Gasteiger partial charge in [0.05, 0.1) is 0 Å². The lowest BCUT2D eigenvalue weighted by molar-refractivity contribution is 0.638. The summed E-state index contributed by atoms with van der Waals surface area (Å²) in [5, 5.41) is 3.38. The van der Waals surface area contributed by atoms with E-state index in [4.69, 9.17) is 11.6 Å². The zero-order chi connectivity index (χ0) is 8.27. The highest BCUT2D eigenvalue weighted by atomic mass is 35.5. The lowest BCUT2D eigenvalue weighted by Gasteiger charge is -2.02. The maximum Gasteiger partial charge on any atom is 0.0173 e. The molecule has 0 amide bonds. The topological polar surface area (TPSA) is 12.0 Å². The Morgan fingerprint density at radius 3 is 2.82 bits per heavy atom. The molecule has 0 aromatic heterocycles. The number of nitrogens with one attached hydrogen (secondary N) is 1. The summed E-state index contributed by atoms with van der Waals surface area (Å²) in [7, 11) is 0. The van der Waals surface area contributed by atoms with Crippen LogP contribution in [-0.4, -0.2) is 13.1 Å². The summed E-state index contributed by atoms with van der Waals surface area (Å²) in [4.78, 5) is 0. The van der Waals surface area contributed by atoms with E-state index in [0.717, 1.165) is 24.9 Å². The highest BCUT2D eigenvalue weighted by molar-refractivity contribution is 6.25.